The predicted molar refractivity (Wildman–Crippen MR) is 134 cm³/mol. The molecule has 2 aliphatic heterocycles. The molecule has 1 saturated carbocycles. The fourth-order valence-corrected chi connectivity index (χ4v) is 5.88. The first-order valence-corrected chi connectivity index (χ1v) is 14.1. The second-order valence-electron chi connectivity index (χ2n) is 10.4. The minimum atomic E-state index is -0.372. The molecule has 1 aliphatic carbocycles. The average Bonchev–Trinajstić information content (AvgIpc) is 2.82. The smallest absolute Gasteiger partial charge is 0.309 e. The van der Waals surface area contributed by atoms with E-state index in [9.17, 15) is 9.59 Å². The second-order valence-corrected chi connectivity index (χ2v) is 10.4. The fourth-order valence-electron chi connectivity index (χ4n) is 5.88. The van der Waals surface area contributed by atoms with Gasteiger partial charge >= 0.3 is 5.97 Å². The van der Waals surface area contributed by atoms with Gasteiger partial charge in [0.15, 0.2) is 11.9 Å². The van der Waals surface area contributed by atoms with E-state index in [1.165, 1.54) is 64.2 Å². The highest BCUT2D eigenvalue weighted by atomic mass is 16.5. The summed E-state index contributed by atoms with van der Waals surface area (Å²) in [5, 5.41) is 0. The van der Waals surface area contributed by atoms with E-state index in [0.717, 1.165) is 25.7 Å². The molecule has 2 heterocycles. The zero-order valence-corrected chi connectivity index (χ0v) is 21.7. The maximum Gasteiger partial charge on any atom is 0.309 e. The molecule has 2 radical (unpaired) electrons. The van der Waals surface area contributed by atoms with E-state index >= 15 is 0 Å². The molecule has 2 bridgehead atoms. The van der Waals surface area contributed by atoms with Crippen molar-refractivity contribution in [1.82, 2.24) is 0 Å². The molecule has 3 rings (SSSR count). The SMILES string of the molecule is [CH2]CCCC(CC(=O)[C]1OC2CC(CCCCCC)C1CC2CCCCCC)C(=O)OCC. The topological polar surface area (TPSA) is 52.6 Å². The monoisotopic (exact) mass is 462 g/mol. The van der Waals surface area contributed by atoms with Gasteiger partial charge in [-0.05, 0) is 50.9 Å². The molecule has 0 N–H and O–H groups in total. The van der Waals surface area contributed by atoms with Crippen molar-refractivity contribution in [2.45, 2.75) is 130 Å². The number of unbranched alkanes of at least 4 members (excludes halogenated alkanes) is 7. The van der Waals surface area contributed by atoms with Gasteiger partial charge in [-0.1, -0.05) is 85.0 Å². The summed E-state index contributed by atoms with van der Waals surface area (Å²) >= 11 is 0. The Kier molecular flexibility index (Phi) is 13.7. The molecular weight excluding hydrogens is 412 g/mol. The van der Waals surface area contributed by atoms with Gasteiger partial charge in [0.05, 0.1) is 18.6 Å². The van der Waals surface area contributed by atoms with E-state index in [1.54, 1.807) is 0 Å². The molecule has 3 fully saturated rings. The lowest BCUT2D eigenvalue weighted by atomic mass is 9.64. The van der Waals surface area contributed by atoms with Crippen molar-refractivity contribution in [3.8, 4) is 0 Å². The van der Waals surface area contributed by atoms with Crippen molar-refractivity contribution in [2.75, 3.05) is 6.61 Å². The maximum absolute atomic E-state index is 13.4. The molecule has 33 heavy (non-hydrogen) atoms. The van der Waals surface area contributed by atoms with Crippen molar-refractivity contribution < 1.29 is 19.1 Å². The number of carbonyl (C=O) groups is 2. The van der Waals surface area contributed by atoms with Crippen LogP contribution in [0.3, 0.4) is 0 Å². The Morgan fingerprint density at radius 1 is 0.939 bits per heavy atom. The summed E-state index contributed by atoms with van der Waals surface area (Å²) in [6.45, 7) is 10.6. The van der Waals surface area contributed by atoms with E-state index in [0.29, 0.717) is 31.0 Å². The van der Waals surface area contributed by atoms with Crippen LogP contribution in [0.25, 0.3) is 0 Å². The minimum absolute atomic E-state index is 0.0507. The molecule has 0 aromatic heterocycles. The van der Waals surface area contributed by atoms with Crippen molar-refractivity contribution in [2.24, 2.45) is 23.7 Å². The number of ketones is 1. The Morgan fingerprint density at radius 2 is 1.61 bits per heavy atom. The largest absolute Gasteiger partial charge is 0.466 e. The molecule has 0 aromatic rings. The number of esters is 1. The third-order valence-corrected chi connectivity index (χ3v) is 7.79. The third-order valence-electron chi connectivity index (χ3n) is 7.79. The van der Waals surface area contributed by atoms with Gasteiger partial charge in [0.2, 0.25) is 0 Å². The van der Waals surface area contributed by atoms with Crippen LogP contribution in [0.15, 0.2) is 0 Å². The highest BCUT2D eigenvalue weighted by Crippen LogP contribution is 2.51. The van der Waals surface area contributed by atoms with Crippen LogP contribution in [-0.2, 0) is 19.1 Å². The number of Topliss-reactive ketones (excluding diaryl/α,β-unsaturated/α-hetero) is 1. The quantitative estimate of drug-likeness (QED) is 0.155. The van der Waals surface area contributed by atoms with Crippen LogP contribution in [-0.4, -0.2) is 24.5 Å². The lowest BCUT2D eigenvalue weighted by Crippen LogP contribution is -2.50. The molecule has 5 unspecified atom stereocenters. The Hall–Kier alpha value is -0.900. The van der Waals surface area contributed by atoms with Crippen molar-refractivity contribution in [1.29, 1.82) is 0 Å². The Morgan fingerprint density at radius 3 is 2.18 bits per heavy atom. The zero-order valence-electron chi connectivity index (χ0n) is 21.7. The minimum Gasteiger partial charge on any atom is -0.466 e. The summed E-state index contributed by atoms with van der Waals surface area (Å²) in [5.74, 6) is 0.829. The first kappa shape index (κ1) is 28.3. The van der Waals surface area contributed by atoms with E-state index < -0.39 is 0 Å². The molecule has 190 valence electrons. The number of hydrogen-bond donors (Lipinski definition) is 0. The van der Waals surface area contributed by atoms with Gasteiger partial charge in [-0.15, -0.1) is 0 Å². The van der Waals surface area contributed by atoms with E-state index in [1.807, 2.05) is 6.92 Å². The molecule has 5 atom stereocenters. The van der Waals surface area contributed by atoms with Gasteiger partial charge in [-0.2, -0.15) is 0 Å². The maximum atomic E-state index is 13.4. The molecule has 2 saturated heterocycles. The Balaban J connectivity index is 2.02. The van der Waals surface area contributed by atoms with E-state index in [2.05, 4.69) is 20.8 Å². The molecule has 0 amide bonds. The van der Waals surface area contributed by atoms with Gasteiger partial charge in [-0.3, -0.25) is 9.59 Å². The third kappa shape index (κ3) is 9.00. The van der Waals surface area contributed by atoms with Gasteiger partial charge < -0.3 is 9.47 Å². The first-order chi connectivity index (χ1) is 16.0. The molecule has 0 spiro atoms. The highest BCUT2D eigenvalue weighted by Gasteiger charge is 2.50. The van der Waals surface area contributed by atoms with E-state index in [4.69, 9.17) is 9.47 Å². The van der Waals surface area contributed by atoms with Crippen LogP contribution >= 0.6 is 0 Å². The van der Waals surface area contributed by atoms with Gasteiger partial charge in [0.1, 0.15) is 0 Å². The fraction of sp³-hybridized carbons (Fsp3) is 0.862. The molecule has 3 aliphatic rings. The second kappa shape index (κ2) is 15.9. The van der Waals surface area contributed by atoms with Crippen LogP contribution < -0.4 is 0 Å². The van der Waals surface area contributed by atoms with Crippen LogP contribution in [0.1, 0.15) is 124 Å². The lowest BCUT2D eigenvalue weighted by Gasteiger charge is -2.50. The number of hydrogen-bond acceptors (Lipinski definition) is 4. The van der Waals surface area contributed by atoms with Crippen molar-refractivity contribution in [3.05, 3.63) is 13.0 Å². The molecule has 0 aromatic carbocycles. The van der Waals surface area contributed by atoms with Crippen molar-refractivity contribution >= 4 is 11.8 Å². The summed E-state index contributed by atoms with van der Waals surface area (Å²) in [4.78, 5) is 25.9. The number of rotatable bonds is 18. The highest BCUT2D eigenvalue weighted by molar-refractivity contribution is 5.93. The van der Waals surface area contributed by atoms with Crippen molar-refractivity contribution in [3.63, 3.8) is 0 Å². The summed E-state index contributed by atoms with van der Waals surface area (Å²) in [7, 11) is 0. The standard InChI is InChI=1S/C29H50O4/c1-5-9-12-14-17-22-21-27-23(18-15-13-10-6-2)19-25(22)28(33-27)26(30)20-24(16-11-7-3)29(31)32-8-4/h22-25,27H,3,5-21H2,1-2,4H3. The van der Waals surface area contributed by atoms with Crippen LogP contribution in [0.4, 0.5) is 0 Å². The van der Waals surface area contributed by atoms with E-state index in [-0.39, 0.29) is 36.1 Å². The first-order valence-electron chi connectivity index (χ1n) is 14.1. The van der Waals surface area contributed by atoms with Gasteiger partial charge in [0, 0.05) is 12.3 Å². The summed E-state index contributed by atoms with van der Waals surface area (Å²) in [5.41, 5.74) is 0. The Bertz CT molecular complexity index is 560. The molecule has 4 nitrogen and oxygen atoms in total. The molecular formula is C29H50O4. The van der Waals surface area contributed by atoms with Crippen LogP contribution in [0, 0.1) is 36.7 Å². The normalized spacial score (nSPS) is 25.8. The number of fused-ring (bicyclic) bond motifs is 3. The summed E-state index contributed by atoms with van der Waals surface area (Å²) in [6, 6.07) is 0. The van der Waals surface area contributed by atoms with Gasteiger partial charge in [-0.25, -0.2) is 0 Å². The Labute approximate surface area is 203 Å². The van der Waals surface area contributed by atoms with Crippen LogP contribution in [0.5, 0.6) is 0 Å². The summed E-state index contributed by atoms with van der Waals surface area (Å²) < 4.78 is 11.7. The van der Waals surface area contributed by atoms with Crippen LogP contribution in [0.2, 0.25) is 0 Å². The molecule has 4 heteroatoms. The average molecular weight is 463 g/mol. The lowest BCUT2D eigenvalue weighted by molar-refractivity contribution is -0.158. The number of carbonyl (C=O) groups excluding carboxylic acids is 2. The predicted octanol–water partition coefficient (Wildman–Crippen LogP) is 7.64. The zero-order chi connectivity index (χ0) is 24.1. The summed E-state index contributed by atoms with van der Waals surface area (Å²) in [6.07, 6.45) is 18.2. The van der Waals surface area contributed by atoms with Gasteiger partial charge in [0.25, 0.3) is 0 Å². The number of ether oxygens (including phenoxy) is 2.